The molecule has 0 aliphatic rings. The van der Waals surface area contributed by atoms with Crippen molar-refractivity contribution in [2.75, 3.05) is 20.7 Å². The molecule has 2 N–H and O–H groups in total. The summed E-state index contributed by atoms with van der Waals surface area (Å²) >= 11 is 6.01. The number of halogens is 1. The number of rotatable bonds is 5. The van der Waals surface area contributed by atoms with Crippen LogP contribution in [0.2, 0.25) is 5.02 Å². The molecule has 1 amide bonds. The van der Waals surface area contributed by atoms with Crippen LogP contribution in [-0.2, 0) is 11.3 Å². The number of carbonyl (C=O) groups is 1. The van der Waals surface area contributed by atoms with Crippen LogP contribution in [0.1, 0.15) is 12.0 Å². The summed E-state index contributed by atoms with van der Waals surface area (Å²) in [6.07, 6.45) is 0.335. The number of amides is 1. The van der Waals surface area contributed by atoms with Crippen LogP contribution in [0.25, 0.3) is 0 Å². The number of ether oxygens (including phenoxy) is 1. The van der Waals surface area contributed by atoms with Crippen molar-refractivity contribution in [1.82, 2.24) is 4.90 Å². The number of benzene rings is 1. The molecule has 17 heavy (non-hydrogen) atoms. The Balaban J connectivity index is 2.50. The van der Waals surface area contributed by atoms with Crippen LogP contribution in [0.4, 0.5) is 0 Å². The largest absolute Gasteiger partial charge is 0.491 e. The first-order valence-corrected chi connectivity index (χ1v) is 5.74. The lowest BCUT2D eigenvalue weighted by atomic mass is 10.2. The maximum Gasteiger partial charge on any atom is 0.225 e. The highest BCUT2D eigenvalue weighted by molar-refractivity contribution is 6.32. The quantitative estimate of drug-likeness (QED) is 0.872. The molecular formula is C12H17ClN2O2. The van der Waals surface area contributed by atoms with Crippen molar-refractivity contribution in [2.45, 2.75) is 13.0 Å². The molecule has 0 unspecified atom stereocenters. The normalized spacial score (nSPS) is 10.1. The van der Waals surface area contributed by atoms with Gasteiger partial charge in [-0.25, -0.2) is 0 Å². The van der Waals surface area contributed by atoms with Gasteiger partial charge in [0.1, 0.15) is 5.75 Å². The van der Waals surface area contributed by atoms with Crippen molar-refractivity contribution in [2.24, 2.45) is 5.73 Å². The van der Waals surface area contributed by atoms with E-state index in [1.54, 1.807) is 26.2 Å². The van der Waals surface area contributed by atoms with Crippen molar-refractivity contribution in [1.29, 1.82) is 0 Å². The highest BCUT2D eigenvalue weighted by atomic mass is 35.5. The molecule has 0 heterocycles. The SMILES string of the molecule is CN(C)C(=O)CCOc1ccc(CN)cc1Cl. The molecule has 4 nitrogen and oxygen atoms in total. The molecule has 0 atom stereocenters. The summed E-state index contributed by atoms with van der Waals surface area (Å²) in [6, 6.07) is 5.39. The summed E-state index contributed by atoms with van der Waals surface area (Å²) < 4.78 is 5.44. The van der Waals surface area contributed by atoms with Gasteiger partial charge in [0, 0.05) is 20.6 Å². The van der Waals surface area contributed by atoms with Crippen LogP contribution >= 0.6 is 11.6 Å². The van der Waals surface area contributed by atoms with Gasteiger partial charge in [0.2, 0.25) is 5.91 Å². The number of hydrogen-bond donors (Lipinski definition) is 1. The molecule has 0 radical (unpaired) electrons. The maximum atomic E-state index is 11.3. The third-order valence-electron chi connectivity index (χ3n) is 2.30. The molecule has 94 valence electrons. The Hall–Kier alpha value is -1.26. The van der Waals surface area contributed by atoms with Gasteiger partial charge in [-0.1, -0.05) is 17.7 Å². The van der Waals surface area contributed by atoms with E-state index in [9.17, 15) is 4.79 Å². The second-order valence-electron chi connectivity index (χ2n) is 3.86. The molecule has 0 aromatic heterocycles. The molecule has 0 saturated heterocycles. The van der Waals surface area contributed by atoms with E-state index in [0.717, 1.165) is 5.56 Å². The van der Waals surface area contributed by atoms with E-state index in [4.69, 9.17) is 22.1 Å². The molecule has 0 spiro atoms. The number of hydrogen-bond acceptors (Lipinski definition) is 3. The summed E-state index contributed by atoms with van der Waals surface area (Å²) in [5, 5.41) is 0.519. The van der Waals surface area contributed by atoms with Gasteiger partial charge in [-0.15, -0.1) is 0 Å². The second-order valence-corrected chi connectivity index (χ2v) is 4.26. The standard InChI is InChI=1S/C12H17ClN2O2/c1-15(2)12(16)5-6-17-11-4-3-9(8-14)7-10(11)13/h3-4,7H,5-6,8,14H2,1-2H3. The minimum Gasteiger partial charge on any atom is -0.491 e. The van der Waals surface area contributed by atoms with Crippen molar-refractivity contribution in [3.8, 4) is 5.75 Å². The zero-order valence-electron chi connectivity index (χ0n) is 10.1. The van der Waals surface area contributed by atoms with Crippen LogP contribution in [0, 0.1) is 0 Å². The molecule has 0 aliphatic carbocycles. The number of carbonyl (C=O) groups excluding carboxylic acids is 1. The van der Waals surface area contributed by atoms with Crippen LogP contribution in [0.15, 0.2) is 18.2 Å². The lowest BCUT2D eigenvalue weighted by Crippen LogP contribution is -2.23. The summed E-state index contributed by atoms with van der Waals surface area (Å²) in [7, 11) is 3.43. The van der Waals surface area contributed by atoms with Gasteiger partial charge in [0.05, 0.1) is 18.1 Å². The Labute approximate surface area is 106 Å². The van der Waals surface area contributed by atoms with Crippen LogP contribution in [0.3, 0.4) is 0 Å². The lowest BCUT2D eigenvalue weighted by molar-refractivity contribution is -0.129. The molecule has 0 aliphatic heterocycles. The van der Waals surface area contributed by atoms with Gasteiger partial charge in [0.15, 0.2) is 0 Å². The fourth-order valence-electron chi connectivity index (χ4n) is 1.26. The summed E-state index contributed by atoms with van der Waals surface area (Å²) in [5.74, 6) is 0.607. The summed E-state index contributed by atoms with van der Waals surface area (Å²) in [5.41, 5.74) is 6.44. The van der Waals surface area contributed by atoms with Crippen molar-refractivity contribution in [3.63, 3.8) is 0 Å². The van der Waals surface area contributed by atoms with E-state index < -0.39 is 0 Å². The molecule has 0 saturated carbocycles. The molecular weight excluding hydrogens is 240 g/mol. The molecule has 1 aromatic carbocycles. The van der Waals surface area contributed by atoms with Crippen molar-refractivity contribution >= 4 is 17.5 Å². The lowest BCUT2D eigenvalue weighted by Gasteiger charge is -2.12. The van der Waals surface area contributed by atoms with Crippen LogP contribution in [0.5, 0.6) is 5.75 Å². The van der Waals surface area contributed by atoms with Gasteiger partial charge in [-0.05, 0) is 17.7 Å². The van der Waals surface area contributed by atoms with Crippen molar-refractivity contribution in [3.05, 3.63) is 28.8 Å². The number of nitrogens with zero attached hydrogens (tertiary/aromatic N) is 1. The van der Waals surface area contributed by atoms with E-state index in [1.165, 1.54) is 4.90 Å². The first-order valence-electron chi connectivity index (χ1n) is 5.36. The molecule has 1 rings (SSSR count). The van der Waals surface area contributed by atoms with Crippen LogP contribution in [-0.4, -0.2) is 31.5 Å². The van der Waals surface area contributed by atoms with E-state index in [1.807, 2.05) is 6.07 Å². The second kappa shape index (κ2) is 6.47. The van der Waals surface area contributed by atoms with E-state index in [-0.39, 0.29) is 5.91 Å². The fourth-order valence-corrected chi connectivity index (χ4v) is 1.52. The predicted molar refractivity (Wildman–Crippen MR) is 68.1 cm³/mol. The zero-order valence-corrected chi connectivity index (χ0v) is 10.8. The highest BCUT2D eigenvalue weighted by Gasteiger charge is 2.06. The zero-order chi connectivity index (χ0) is 12.8. The number of nitrogens with two attached hydrogens (primary N) is 1. The third kappa shape index (κ3) is 4.24. The summed E-state index contributed by atoms with van der Waals surface area (Å²) in [6.45, 7) is 0.762. The third-order valence-corrected chi connectivity index (χ3v) is 2.60. The Morgan fingerprint density at radius 2 is 2.18 bits per heavy atom. The summed E-state index contributed by atoms with van der Waals surface area (Å²) in [4.78, 5) is 12.8. The first kappa shape index (κ1) is 13.8. The Bertz CT molecular complexity index is 394. The highest BCUT2D eigenvalue weighted by Crippen LogP contribution is 2.25. The molecule has 0 bridgehead atoms. The van der Waals surface area contributed by atoms with E-state index >= 15 is 0 Å². The Morgan fingerprint density at radius 3 is 2.71 bits per heavy atom. The predicted octanol–water partition coefficient (Wildman–Crippen LogP) is 1.66. The average molecular weight is 257 g/mol. The van der Waals surface area contributed by atoms with E-state index in [2.05, 4.69) is 0 Å². The Kier molecular flexibility index (Phi) is 5.25. The average Bonchev–Trinajstić information content (AvgIpc) is 2.30. The Morgan fingerprint density at radius 1 is 1.47 bits per heavy atom. The molecule has 1 aromatic rings. The minimum absolute atomic E-state index is 0.0275. The smallest absolute Gasteiger partial charge is 0.225 e. The first-order chi connectivity index (χ1) is 8.04. The molecule has 5 heteroatoms. The molecule has 0 fully saturated rings. The van der Waals surface area contributed by atoms with Gasteiger partial charge in [0.25, 0.3) is 0 Å². The monoisotopic (exact) mass is 256 g/mol. The topological polar surface area (TPSA) is 55.6 Å². The minimum atomic E-state index is 0.0275. The van der Waals surface area contributed by atoms with Gasteiger partial charge >= 0.3 is 0 Å². The van der Waals surface area contributed by atoms with E-state index in [0.29, 0.717) is 30.3 Å². The van der Waals surface area contributed by atoms with Gasteiger partial charge in [-0.2, -0.15) is 0 Å². The van der Waals surface area contributed by atoms with Crippen LogP contribution < -0.4 is 10.5 Å². The van der Waals surface area contributed by atoms with Crippen molar-refractivity contribution < 1.29 is 9.53 Å². The maximum absolute atomic E-state index is 11.3. The fraction of sp³-hybridized carbons (Fsp3) is 0.417. The van der Waals surface area contributed by atoms with Gasteiger partial charge < -0.3 is 15.4 Å². The van der Waals surface area contributed by atoms with Gasteiger partial charge in [-0.3, -0.25) is 4.79 Å².